The standard InChI is InChI=1S/C9H9NO2/c1-11-12-8-3-2-7-4-5-10-9(7)6-8/h2-6,10H,1H3. The SMILES string of the molecule is COOc1ccc2cc[nH]c2c1. The van der Waals surface area contributed by atoms with E-state index in [-0.39, 0.29) is 0 Å². The lowest BCUT2D eigenvalue weighted by molar-refractivity contribution is -0.178. The minimum absolute atomic E-state index is 0.701. The Bertz CT molecular complexity index is 381. The van der Waals surface area contributed by atoms with Crippen LogP contribution in [0.3, 0.4) is 0 Å². The van der Waals surface area contributed by atoms with E-state index in [1.807, 2.05) is 30.5 Å². The van der Waals surface area contributed by atoms with Gasteiger partial charge in [-0.2, -0.15) is 4.89 Å². The molecule has 12 heavy (non-hydrogen) atoms. The van der Waals surface area contributed by atoms with Gasteiger partial charge in [-0.25, -0.2) is 0 Å². The van der Waals surface area contributed by atoms with Crippen LogP contribution in [0.15, 0.2) is 30.5 Å². The average Bonchev–Trinajstić information content (AvgIpc) is 2.51. The van der Waals surface area contributed by atoms with Crippen molar-refractivity contribution >= 4 is 10.9 Å². The molecule has 0 bridgehead atoms. The van der Waals surface area contributed by atoms with Gasteiger partial charge in [-0.15, -0.1) is 0 Å². The van der Waals surface area contributed by atoms with Crippen LogP contribution >= 0.6 is 0 Å². The number of aromatic nitrogens is 1. The zero-order valence-corrected chi connectivity index (χ0v) is 6.70. The number of rotatable bonds is 2. The molecule has 2 rings (SSSR count). The van der Waals surface area contributed by atoms with E-state index in [4.69, 9.17) is 4.89 Å². The monoisotopic (exact) mass is 163 g/mol. The number of H-pyrrole nitrogens is 1. The largest absolute Gasteiger partial charge is 0.361 e. The molecule has 0 fully saturated rings. The second kappa shape index (κ2) is 2.87. The van der Waals surface area contributed by atoms with Crippen LogP contribution in [0, 0.1) is 0 Å². The van der Waals surface area contributed by atoms with Crippen LogP contribution in [0.25, 0.3) is 10.9 Å². The van der Waals surface area contributed by atoms with Crippen LogP contribution in [0.4, 0.5) is 0 Å². The number of hydrogen-bond donors (Lipinski definition) is 1. The molecule has 62 valence electrons. The van der Waals surface area contributed by atoms with Crippen molar-refractivity contribution in [1.82, 2.24) is 4.98 Å². The first-order chi connectivity index (χ1) is 5.90. The van der Waals surface area contributed by atoms with E-state index in [1.54, 1.807) is 0 Å². The highest BCUT2D eigenvalue weighted by Gasteiger charge is 1.96. The first-order valence-corrected chi connectivity index (χ1v) is 3.68. The van der Waals surface area contributed by atoms with Crippen molar-refractivity contribution in [3.63, 3.8) is 0 Å². The number of benzene rings is 1. The summed E-state index contributed by atoms with van der Waals surface area (Å²) in [6.07, 6.45) is 1.89. The summed E-state index contributed by atoms with van der Waals surface area (Å²) in [5.41, 5.74) is 1.05. The van der Waals surface area contributed by atoms with Crippen molar-refractivity contribution < 1.29 is 9.78 Å². The zero-order valence-electron chi connectivity index (χ0n) is 6.70. The first-order valence-electron chi connectivity index (χ1n) is 3.68. The van der Waals surface area contributed by atoms with E-state index >= 15 is 0 Å². The second-order valence-corrected chi connectivity index (χ2v) is 2.48. The summed E-state index contributed by atoms with van der Waals surface area (Å²) in [6.45, 7) is 0. The Morgan fingerprint density at radius 3 is 3.00 bits per heavy atom. The smallest absolute Gasteiger partial charge is 0.167 e. The molecule has 0 aliphatic rings. The van der Waals surface area contributed by atoms with Gasteiger partial charge in [-0.05, 0) is 23.6 Å². The molecule has 0 saturated heterocycles. The summed E-state index contributed by atoms with van der Waals surface area (Å²) < 4.78 is 0. The zero-order chi connectivity index (χ0) is 8.39. The summed E-state index contributed by atoms with van der Waals surface area (Å²) in [4.78, 5) is 12.5. The molecule has 0 aliphatic heterocycles. The van der Waals surface area contributed by atoms with E-state index in [1.165, 1.54) is 12.5 Å². The number of nitrogens with one attached hydrogen (secondary N) is 1. The van der Waals surface area contributed by atoms with E-state index in [0.717, 1.165) is 5.52 Å². The second-order valence-electron chi connectivity index (χ2n) is 2.48. The molecule has 0 radical (unpaired) electrons. The highest BCUT2D eigenvalue weighted by molar-refractivity contribution is 5.80. The van der Waals surface area contributed by atoms with Gasteiger partial charge in [0.25, 0.3) is 0 Å². The third-order valence-electron chi connectivity index (χ3n) is 1.71. The van der Waals surface area contributed by atoms with Crippen molar-refractivity contribution in [2.75, 3.05) is 7.11 Å². The topological polar surface area (TPSA) is 34.2 Å². The van der Waals surface area contributed by atoms with Gasteiger partial charge in [0.2, 0.25) is 0 Å². The number of aromatic amines is 1. The van der Waals surface area contributed by atoms with Crippen molar-refractivity contribution in [3.8, 4) is 5.75 Å². The minimum atomic E-state index is 0.701. The molecule has 1 aromatic heterocycles. The Morgan fingerprint density at radius 1 is 1.25 bits per heavy atom. The van der Waals surface area contributed by atoms with Gasteiger partial charge in [-0.1, -0.05) is 0 Å². The van der Waals surface area contributed by atoms with Gasteiger partial charge < -0.3 is 9.87 Å². The highest BCUT2D eigenvalue weighted by atomic mass is 17.2. The number of hydrogen-bond acceptors (Lipinski definition) is 2. The van der Waals surface area contributed by atoms with Gasteiger partial charge in [0.05, 0.1) is 7.11 Å². The average molecular weight is 163 g/mol. The summed E-state index contributed by atoms with van der Waals surface area (Å²) in [5.74, 6) is 0.701. The predicted molar refractivity (Wildman–Crippen MR) is 45.9 cm³/mol. The Hall–Kier alpha value is -1.48. The quantitative estimate of drug-likeness (QED) is 0.543. The molecule has 0 saturated carbocycles. The molecule has 3 nitrogen and oxygen atoms in total. The predicted octanol–water partition coefficient (Wildman–Crippen LogP) is 2.11. The highest BCUT2D eigenvalue weighted by Crippen LogP contribution is 2.19. The lowest BCUT2D eigenvalue weighted by atomic mass is 10.2. The Labute approximate surface area is 69.8 Å². The lowest BCUT2D eigenvalue weighted by Crippen LogP contribution is -1.89. The number of fused-ring (bicyclic) bond motifs is 1. The van der Waals surface area contributed by atoms with Gasteiger partial charge in [0.15, 0.2) is 5.75 Å². The van der Waals surface area contributed by atoms with E-state index in [9.17, 15) is 0 Å². The van der Waals surface area contributed by atoms with Crippen LogP contribution in [0.2, 0.25) is 0 Å². The van der Waals surface area contributed by atoms with Crippen molar-refractivity contribution in [1.29, 1.82) is 0 Å². The fourth-order valence-corrected chi connectivity index (χ4v) is 1.18. The molecular formula is C9H9NO2. The molecular weight excluding hydrogens is 154 g/mol. The molecule has 0 atom stereocenters. The molecule has 0 amide bonds. The Balaban J connectivity index is 2.46. The van der Waals surface area contributed by atoms with E-state index < -0.39 is 0 Å². The maximum absolute atomic E-state index is 4.86. The Kier molecular flexibility index (Phi) is 1.72. The van der Waals surface area contributed by atoms with Crippen LogP contribution in [0.1, 0.15) is 0 Å². The normalized spacial score (nSPS) is 10.4. The summed E-state index contributed by atoms with van der Waals surface area (Å²) in [6, 6.07) is 7.73. The Morgan fingerprint density at radius 2 is 2.17 bits per heavy atom. The third kappa shape index (κ3) is 1.14. The summed E-state index contributed by atoms with van der Waals surface area (Å²) in [5, 5.41) is 1.17. The molecule has 1 N–H and O–H groups in total. The molecule has 0 spiro atoms. The lowest BCUT2D eigenvalue weighted by Gasteiger charge is -1.99. The van der Waals surface area contributed by atoms with Crippen LogP contribution < -0.4 is 4.89 Å². The van der Waals surface area contributed by atoms with Gasteiger partial charge in [0.1, 0.15) is 0 Å². The fourth-order valence-electron chi connectivity index (χ4n) is 1.18. The van der Waals surface area contributed by atoms with Crippen LogP contribution in [-0.4, -0.2) is 12.1 Å². The minimum Gasteiger partial charge on any atom is -0.361 e. The molecule has 1 heterocycles. The third-order valence-corrected chi connectivity index (χ3v) is 1.71. The van der Waals surface area contributed by atoms with E-state index in [0.29, 0.717) is 5.75 Å². The molecule has 0 aliphatic carbocycles. The van der Waals surface area contributed by atoms with Gasteiger partial charge >= 0.3 is 0 Å². The van der Waals surface area contributed by atoms with Gasteiger partial charge in [-0.3, -0.25) is 0 Å². The molecule has 1 aromatic carbocycles. The summed E-state index contributed by atoms with van der Waals surface area (Å²) in [7, 11) is 1.49. The maximum Gasteiger partial charge on any atom is 0.167 e. The van der Waals surface area contributed by atoms with Gasteiger partial charge in [0, 0.05) is 17.8 Å². The fraction of sp³-hybridized carbons (Fsp3) is 0.111. The molecule has 0 unspecified atom stereocenters. The molecule has 2 aromatic rings. The summed E-state index contributed by atoms with van der Waals surface area (Å²) >= 11 is 0. The van der Waals surface area contributed by atoms with E-state index in [2.05, 4.69) is 9.87 Å². The van der Waals surface area contributed by atoms with Crippen LogP contribution in [0.5, 0.6) is 5.75 Å². The van der Waals surface area contributed by atoms with Crippen molar-refractivity contribution in [2.45, 2.75) is 0 Å². The van der Waals surface area contributed by atoms with Crippen molar-refractivity contribution in [3.05, 3.63) is 30.5 Å². The van der Waals surface area contributed by atoms with Crippen molar-refractivity contribution in [2.24, 2.45) is 0 Å². The van der Waals surface area contributed by atoms with Crippen LogP contribution in [-0.2, 0) is 4.89 Å². The molecule has 3 heteroatoms. The first kappa shape index (κ1) is 7.18. The maximum atomic E-state index is 4.86.